The van der Waals surface area contributed by atoms with Crippen LogP contribution in [0.15, 0.2) is 11.1 Å². The lowest BCUT2D eigenvalue weighted by atomic mass is 9.86. The Morgan fingerprint density at radius 2 is 1.55 bits per heavy atom. The van der Waals surface area contributed by atoms with E-state index in [1.54, 1.807) is 0 Å². The van der Waals surface area contributed by atoms with E-state index in [0.29, 0.717) is 17.9 Å². The maximum atomic E-state index is 12.8. The van der Waals surface area contributed by atoms with Crippen LogP contribution in [0, 0.1) is 5.92 Å². The molecule has 1 saturated heterocycles. The topological polar surface area (TPSA) is 65.1 Å². The van der Waals surface area contributed by atoms with Crippen LogP contribution in [0.5, 0.6) is 0 Å². The average Bonchev–Trinajstić information content (AvgIpc) is 3.18. The zero-order valence-electron chi connectivity index (χ0n) is 18.2. The molecule has 6 nitrogen and oxygen atoms in total. The SMILES string of the molecule is COC1(OC)CC(=O)C2=C(CC(CCCCCCCCN3CCOCC3)C2)C1=O. The highest BCUT2D eigenvalue weighted by Crippen LogP contribution is 2.43. The van der Waals surface area contributed by atoms with Gasteiger partial charge in [0.2, 0.25) is 11.6 Å². The lowest BCUT2D eigenvalue weighted by molar-refractivity contribution is -0.207. The second-order valence-electron chi connectivity index (χ2n) is 8.69. The second kappa shape index (κ2) is 10.8. The molecule has 0 saturated carbocycles. The molecule has 164 valence electrons. The number of hydrogen-bond acceptors (Lipinski definition) is 6. The Morgan fingerprint density at radius 3 is 2.24 bits per heavy atom. The van der Waals surface area contributed by atoms with Gasteiger partial charge < -0.3 is 14.2 Å². The normalized spacial score (nSPS) is 25.0. The van der Waals surface area contributed by atoms with Crippen molar-refractivity contribution in [1.29, 1.82) is 0 Å². The summed E-state index contributed by atoms with van der Waals surface area (Å²) < 4.78 is 16.0. The molecule has 0 N–H and O–H groups in total. The van der Waals surface area contributed by atoms with Gasteiger partial charge in [0.15, 0.2) is 5.78 Å². The molecule has 0 aromatic carbocycles. The van der Waals surface area contributed by atoms with E-state index in [1.807, 2.05) is 0 Å². The summed E-state index contributed by atoms with van der Waals surface area (Å²) in [5.41, 5.74) is 1.41. The predicted octanol–water partition coefficient (Wildman–Crippen LogP) is 3.29. The average molecular weight is 408 g/mol. The quantitative estimate of drug-likeness (QED) is 0.387. The summed E-state index contributed by atoms with van der Waals surface area (Å²) in [4.78, 5) is 27.8. The van der Waals surface area contributed by atoms with Crippen molar-refractivity contribution >= 4 is 11.6 Å². The molecule has 0 aromatic rings. The Hall–Kier alpha value is -1.08. The van der Waals surface area contributed by atoms with Gasteiger partial charge in [0.25, 0.3) is 0 Å². The Kier molecular flexibility index (Phi) is 8.42. The van der Waals surface area contributed by atoms with Crippen molar-refractivity contribution in [3.05, 3.63) is 11.1 Å². The molecule has 1 fully saturated rings. The third-order valence-electron chi connectivity index (χ3n) is 6.80. The number of ether oxygens (including phenoxy) is 3. The zero-order valence-corrected chi connectivity index (χ0v) is 18.2. The Morgan fingerprint density at radius 1 is 0.931 bits per heavy atom. The molecule has 29 heavy (non-hydrogen) atoms. The van der Waals surface area contributed by atoms with E-state index in [0.717, 1.165) is 44.7 Å². The van der Waals surface area contributed by atoms with Crippen LogP contribution in [0.3, 0.4) is 0 Å². The van der Waals surface area contributed by atoms with Gasteiger partial charge in [0.05, 0.1) is 19.6 Å². The first kappa shape index (κ1) is 22.6. The molecule has 0 amide bonds. The fourth-order valence-electron chi connectivity index (χ4n) is 4.95. The van der Waals surface area contributed by atoms with Crippen molar-refractivity contribution in [3.63, 3.8) is 0 Å². The number of methoxy groups -OCH3 is 2. The lowest BCUT2D eigenvalue weighted by Crippen LogP contribution is -2.48. The van der Waals surface area contributed by atoms with E-state index >= 15 is 0 Å². The van der Waals surface area contributed by atoms with E-state index in [1.165, 1.54) is 59.3 Å². The van der Waals surface area contributed by atoms with Gasteiger partial charge in [0, 0.05) is 38.5 Å². The summed E-state index contributed by atoms with van der Waals surface area (Å²) in [5, 5.41) is 0. The van der Waals surface area contributed by atoms with Crippen molar-refractivity contribution < 1.29 is 23.8 Å². The van der Waals surface area contributed by atoms with Crippen molar-refractivity contribution in [2.24, 2.45) is 5.92 Å². The maximum absolute atomic E-state index is 12.8. The van der Waals surface area contributed by atoms with Crippen LogP contribution in [-0.4, -0.2) is 69.3 Å². The molecule has 3 rings (SSSR count). The third kappa shape index (κ3) is 5.54. The summed E-state index contributed by atoms with van der Waals surface area (Å²) in [5.74, 6) is -1.10. The van der Waals surface area contributed by atoms with Gasteiger partial charge in [-0.1, -0.05) is 32.1 Å². The number of rotatable bonds is 11. The Labute approximate surface area is 174 Å². The molecule has 1 heterocycles. The first-order chi connectivity index (χ1) is 14.1. The van der Waals surface area contributed by atoms with E-state index in [4.69, 9.17) is 14.2 Å². The van der Waals surface area contributed by atoms with Crippen LogP contribution >= 0.6 is 0 Å². The highest BCUT2D eigenvalue weighted by Gasteiger charge is 2.50. The van der Waals surface area contributed by atoms with Gasteiger partial charge in [-0.2, -0.15) is 0 Å². The minimum Gasteiger partial charge on any atom is -0.379 e. The lowest BCUT2D eigenvalue weighted by Gasteiger charge is -2.32. The van der Waals surface area contributed by atoms with Crippen LogP contribution in [0.25, 0.3) is 0 Å². The monoisotopic (exact) mass is 407 g/mol. The standard InChI is InChI=1S/C23H37NO5/c1-27-23(28-2)17-21(25)19-15-18(16-20(19)22(23)26)9-7-5-3-4-6-8-10-24-11-13-29-14-12-24/h18H,3-17H2,1-2H3. The number of carbonyl (C=O) groups excluding carboxylic acids is 2. The number of allylic oxidation sites excluding steroid dienone is 1. The van der Waals surface area contributed by atoms with Crippen LogP contribution in [0.4, 0.5) is 0 Å². The summed E-state index contributed by atoms with van der Waals surface area (Å²) in [6.07, 6.45) is 10.1. The molecule has 6 heteroatoms. The molecule has 0 bridgehead atoms. The largest absolute Gasteiger partial charge is 0.379 e. The Bertz CT molecular complexity index is 604. The number of carbonyl (C=O) groups is 2. The minimum atomic E-state index is -1.40. The first-order valence-corrected chi connectivity index (χ1v) is 11.3. The number of morpholine rings is 1. The molecule has 1 aliphatic heterocycles. The van der Waals surface area contributed by atoms with Crippen LogP contribution in [0.2, 0.25) is 0 Å². The van der Waals surface area contributed by atoms with Crippen LogP contribution in [-0.2, 0) is 23.8 Å². The smallest absolute Gasteiger partial charge is 0.240 e. The van der Waals surface area contributed by atoms with Gasteiger partial charge in [0.1, 0.15) is 0 Å². The summed E-state index contributed by atoms with van der Waals surface area (Å²) in [6.45, 7) is 5.14. The zero-order chi connectivity index (χ0) is 20.7. The predicted molar refractivity (Wildman–Crippen MR) is 111 cm³/mol. The molecule has 0 spiro atoms. The number of unbranched alkanes of at least 4 members (excludes halogenated alkanes) is 5. The molecular formula is C23H37NO5. The summed E-state index contributed by atoms with van der Waals surface area (Å²) >= 11 is 0. The van der Waals surface area contributed by atoms with Gasteiger partial charge >= 0.3 is 0 Å². The van der Waals surface area contributed by atoms with Gasteiger partial charge in [-0.15, -0.1) is 0 Å². The third-order valence-corrected chi connectivity index (χ3v) is 6.80. The summed E-state index contributed by atoms with van der Waals surface area (Å²) in [6, 6.07) is 0. The molecule has 2 aliphatic carbocycles. The van der Waals surface area contributed by atoms with E-state index < -0.39 is 5.79 Å². The molecular weight excluding hydrogens is 370 g/mol. The van der Waals surface area contributed by atoms with Crippen LogP contribution < -0.4 is 0 Å². The summed E-state index contributed by atoms with van der Waals surface area (Å²) in [7, 11) is 2.88. The fourth-order valence-corrected chi connectivity index (χ4v) is 4.95. The molecule has 3 aliphatic rings. The van der Waals surface area contributed by atoms with Crippen molar-refractivity contribution in [2.75, 3.05) is 47.1 Å². The van der Waals surface area contributed by atoms with E-state index in [-0.39, 0.29) is 18.0 Å². The van der Waals surface area contributed by atoms with Crippen molar-refractivity contribution in [2.45, 2.75) is 70.0 Å². The maximum Gasteiger partial charge on any atom is 0.240 e. The van der Waals surface area contributed by atoms with Gasteiger partial charge in [-0.05, 0) is 38.1 Å². The minimum absolute atomic E-state index is 0.00877. The second-order valence-corrected chi connectivity index (χ2v) is 8.69. The molecule has 0 aromatic heterocycles. The van der Waals surface area contributed by atoms with Crippen molar-refractivity contribution in [3.8, 4) is 0 Å². The van der Waals surface area contributed by atoms with E-state index in [2.05, 4.69) is 4.90 Å². The van der Waals surface area contributed by atoms with Crippen molar-refractivity contribution in [1.82, 2.24) is 4.90 Å². The highest BCUT2D eigenvalue weighted by molar-refractivity contribution is 6.15. The Balaban J connectivity index is 1.29. The van der Waals surface area contributed by atoms with Gasteiger partial charge in [-0.25, -0.2) is 0 Å². The number of hydrogen-bond donors (Lipinski definition) is 0. The molecule has 0 radical (unpaired) electrons. The molecule has 1 unspecified atom stereocenters. The number of ketones is 2. The highest BCUT2D eigenvalue weighted by atomic mass is 16.7. The number of Topliss-reactive ketones (excluding diaryl/α,β-unsaturated/α-hetero) is 2. The van der Waals surface area contributed by atoms with Gasteiger partial charge in [-0.3, -0.25) is 14.5 Å². The fraction of sp³-hybridized carbons (Fsp3) is 0.826. The van der Waals surface area contributed by atoms with Crippen LogP contribution in [0.1, 0.15) is 64.2 Å². The van der Waals surface area contributed by atoms with E-state index in [9.17, 15) is 9.59 Å². The number of nitrogens with zero attached hydrogens (tertiary/aromatic N) is 1. The molecule has 1 atom stereocenters. The first-order valence-electron chi connectivity index (χ1n) is 11.3.